The van der Waals surface area contributed by atoms with Gasteiger partial charge in [0, 0.05) is 25.7 Å². The number of carbonyl (C=O) groups is 1. The van der Waals surface area contributed by atoms with Crippen LogP contribution in [0.25, 0.3) is 0 Å². The lowest BCUT2D eigenvalue weighted by Gasteiger charge is -2.16. The van der Waals surface area contributed by atoms with Gasteiger partial charge in [-0.05, 0) is 19.9 Å². The summed E-state index contributed by atoms with van der Waals surface area (Å²) >= 11 is 0. The maximum absolute atomic E-state index is 11.2. The molecule has 1 aliphatic heterocycles. The van der Waals surface area contributed by atoms with Crippen LogP contribution < -0.4 is 10.6 Å². The summed E-state index contributed by atoms with van der Waals surface area (Å²) in [7, 11) is 2.08. The van der Waals surface area contributed by atoms with E-state index in [4.69, 9.17) is 0 Å². The number of urea groups is 1. The van der Waals surface area contributed by atoms with E-state index in [2.05, 4.69) is 29.5 Å². The van der Waals surface area contributed by atoms with Crippen LogP contribution in [0.15, 0.2) is 0 Å². The smallest absolute Gasteiger partial charge is 0.315 e. The van der Waals surface area contributed by atoms with Crippen molar-refractivity contribution in [1.29, 1.82) is 0 Å². The first kappa shape index (κ1) is 10.3. The van der Waals surface area contributed by atoms with Crippen LogP contribution in [0.5, 0.6) is 0 Å². The minimum absolute atomic E-state index is 0.0466. The first-order valence-corrected chi connectivity index (χ1v) is 4.86. The maximum atomic E-state index is 11.2. The van der Waals surface area contributed by atoms with Crippen molar-refractivity contribution in [3.8, 4) is 0 Å². The summed E-state index contributed by atoms with van der Waals surface area (Å²) < 4.78 is 0. The summed E-state index contributed by atoms with van der Waals surface area (Å²) in [4.78, 5) is 13.4. The summed E-state index contributed by atoms with van der Waals surface area (Å²) in [6.45, 7) is 6.79. The molecule has 4 heteroatoms. The molecule has 1 rings (SSSR count). The van der Waals surface area contributed by atoms with Crippen molar-refractivity contribution in [2.75, 3.05) is 26.7 Å². The first-order chi connectivity index (χ1) is 6.13. The molecule has 0 bridgehead atoms. The lowest BCUT2D eigenvalue weighted by atomic mass is 10.1. The Morgan fingerprint density at radius 2 is 2.23 bits per heavy atom. The highest BCUT2D eigenvalue weighted by atomic mass is 16.2. The van der Waals surface area contributed by atoms with Crippen LogP contribution in [0.3, 0.4) is 0 Å². The second kappa shape index (κ2) is 4.46. The fraction of sp³-hybridized carbons (Fsp3) is 0.889. The number of hydrogen-bond donors (Lipinski definition) is 2. The van der Waals surface area contributed by atoms with Crippen molar-refractivity contribution in [3.63, 3.8) is 0 Å². The molecular weight excluding hydrogens is 166 g/mol. The SMILES string of the molecule is CCNC(=O)NC1CN(C)CC1C. The van der Waals surface area contributed by atoms with Gasteiger partial charge in [0.05, 0.1) is 0 Å². The third-order valence-corrected chi connectivity index (χ3v) is 2.45. The molecule has 4 nitrogen and oxygen atoms in total. The number of nitrogens with one attached hydrogen (secondary N) is 2. The van der Waals surface area contributed by atoms with E-state index in [1.54, 1.807) is 0 Å². The zero-order valence-corrected chi connectivity index (χ0v) is 8.63. The van der Waals surface area contributed by atoms with Crippen LogP contribution >= 0.6 is 0 Å². The van der Waals surface area contributed by atoms with E-state index in [1.165, 1.54) is 0 Å². The van der Waals surface area contributed by atoms with E-state index >= 15 is 0 Å². The van der Waals surface area contributed by atoms with Crippen molar-refractivity contribution in [2.45, 2.75) is 19.9 Å². The number of likely N-dealkylation sites (tertiary alicyclic amines) is 1. The second-order valence-corrected chi connectivity index (χ2v) is 3.81. The van der Waals surface area contributed by atoms with Gasteiger partial charge in [0.15, 0.2) is 0 Å². The summed E-state index contributed by atoms with van der Waals surface area (Å²) in [5.74, 6) is 0.549. The Balaban J connectivity index is 2.32. The van der Waals surface area contributed by atoms with Gasteiger partial charge in [-0.3, -0.25) is 0 Å². The number of rotatable bonds is 2. The van der Waals surface area contributed by atoms with Crippen molar-refractivity contribution in [2.24, 2.45) is 5.92 Å². The Bertz CT molecular complexity index is 184. The van der Waals surface area contributed by atoms with Crippen molar-refractivity contribution in [1.82, 2.24) is 15.5 Å². The molecule has 1 aliphatic rings. The molecule has 0 aromatic carbocycles. The Hall–Kier alpha value is -0.770. The predicted molar refractivity (Wildman–Crippen MR) is 52.7 cm³/mol. The molecule has 1 saturated heterocycles. The normalized spacial score (nSPS) is 28.8. The van der Waals surface area contributed by atoms with Crippen LogP contribution in [-0.4, -0.2) is 43.7 Å². The van der Waals surface area contributed by atoms with Crippen molar-refractivity contribution < 1.29 is 4.79 Å². The Morgan fingerprint density at radius 1 is 1.54 bits per heavy atom. The van der Waals surface area contributed by atoms with Crippen LogP contribution in [0, 0.1) is 5.92 Å². The molecule has 0 saturated carbocycles. The zero-order chi connectivity index (χ0) is 9.84. The van der Waals surface area contributed by atoms with E-state index in [0.29, 0.717) is 18.5 Å². The number of nitrogens with zero attached hydrogens (tertiary/aromatic N) is 1. The Labute approximate surface area is 79.7 Å². The van der Waals surface area contributed by atoms with Gasteiger partial charge < -0.3 is 15.5 Å². The molecule has 2 unspecified atom stereocenters. The summed E-state index contributed by atoms with van der Waals surface area (Å²) in [5, 5.41) is 5.71. The molecule has 1 heterocycles. The van der Waals surface area contributed by atoms with Gasteiger partial charge in [-0.15, -0.1) is 0 Å². The van der Waals surface area contributed by atoms with E-state index in [-0.39, 0.29) is 6.03 Å². The van der Waals surface area contributed by atoms with E-state index in [9.17, 15) is 4.79 Å². The molecule has 0 aliphatic carbocycles. The topological polar surface area (TPSA) is 44.4 Å². The molecule has 2 amide bonds. The number of likely N-dealkylation sites (N-methyl/N-ethyl adjacent to an activating group) is 1. The highest BCUT2D eigenvalue weighted by molar-refractivity contribution is 5.74. The molecular formula is C9H19N3O. The minimum Gasteiger partial charge on any atom is -0.338 e. The molecule has 2 atom stereocenters. The molecule has 13 heavy (non-hydrogen) atoms. The number of hydrogen-bond acceptors (Lipinski definition) is 2. The van der Waals surface area contributed by atoms with Crippen molar-refractivity contribution >= 4 is 6.03 Å². The average molecular weight is 185 g/mol. The third-order valence-electron chi connectivity index (χ3n) is 2.45. The molecule has 2 N–H and O–H groups in total. The van der Waals surface area contributed by atoms with Gasteiger partial charge in [0.1, 0.15) is 0 Å². The van der Waals surface area contributed by atoms with E-state index in [0.717, 1.165) is 13.1 Å². The van der Waals surface area contributed by atoms with Gasteiger partial charge in [-0.1, -0.05) is 6.92 Å². The highest BCUT2D eigenvalue weighted by Crippen LogP contribution is 2.13. The minimum atomic E-state index is -0.0466. The fourth-order valence-corrected chi connectivity index (χ4v) is 1.78. The third kappa shape index (κ3) is 2.88. The average Bonchev–Trinajstić information content (AvgIpc) is 2.30. The lowest BCUT2D eigenvalue weighted by Crippen LogP contribution is -2.45. The molecule has 1 fully saturated rings. The van der Waals surface area contributed by atoms with Gasteiger partial charge in [-0.25, -0.2) is 4.79 Å². The molecule has 0 aromatic heterocycles. The summed E-state index contributed by atoms with van der Waals surface area (Å²) in [5.41, 5.74) is 0. The van der Waals surface area contributed by atoms with Crippen LogP contribution in [-0.2, 0) is 0 Å². The maximum Gasteiger partial charge on any atom is 0.315 e. The first-order valence-electron chi connectivity index (χ1n) is 4.86. The Kier molecular flexibility index (Phi) is 3.54. The largest absolute Gasteiger partial charge is 0.338 e. The fourth-order valence-electron chi connectivity index (χ4n) is 1.78. The standard InChI is InChI=1S/C9H19N3O/c1-4-10-9(13)11-8-6-12(3)5-7(8)2/h7-8H,4-6H2,1-3H3,(H2,10,11,13). The van der Waals surface area contributed by atoms with E-state index < -0.39 is 0 Å². The lowest BCUT2D eigenvalue weighted by molar-refractivity contribution is 0.235. The zero-order valence-electron chi connectivity index (χ0n) is 8.63. The highest BCUT2D eigenvalue weighted by Gasteiger charge is 2.28. The number of carbonyl (C=O) groups excluding carboxylic acids is 1. The number of amides is 2. The van der Waals surface area contributed by atoms with Crippen LogP contribution in [0.2, 0.25) is 0 Å². The van der Waals surface area contributed by atoms with Gasteiger partial charge in [0.2, 0.25) is 0 Å². The molecule has 0 spiro atoms. The summed E-state index contributed by atoms with van der Waals surface area (Å²) in [6.07, 6.45) is 0. The van der Waals surface area contributed by atoms with Crippen molar-refractivity contribution in [3.05, 3.63) is 0 Å². The molecule has 0 aromatic rings. The van der Waals surface area contributed by atoms with Gasteiger partial charge >= 0.3 is 6.03 Å². The molecule has 76 valence electrons. The van der Waals surface area contributed by atoms with Gasteiger partial charge in [0.25, 0.3) is 0 Å². The predicted octanol–water partition coefficient (Wildman–Crippen LogP) is 0.256. The van der Waals surface area contributed by atoms with Crippen LogP contribution in [0.1, 0.15) is 13.8 Å². The van der Waals surface area contributed by atoms with E-state index in [1.807, 2.05) is 6.92 Å². The Morgan fingerprint density at radius 3 is 2.69 bits per heavy atom. The molecule has 0 radical (unpaired) electrons. The summed E-state index contributed by atoms with van der Waals surface area (Å²) in [6, 6.07) is 0.256. The quantitative estimate of drug-likeness (QED) is 0.648. The monoisotopic (exact) mass is 185 g/mol. The van der Waals surface area contributed by atoms with Crippen LogP contribution in [0.4, 0.5) is 4.79 Å². The van der Waals surface area contributed by atoms with Gasteiger partial charge in [-0.2, -0.15) is 0 Å². The second-order valence-electron chi connectivity index (χ2n) is 3.81.